The van der Waals surface area contributed by atoms with Crippen LogP contribution in [0.3, 0.4) is 0 Å². The van der Waals surface area contributed by atoms with Crippen LogP contribution in [-0.2, 0) is 10.1 Å². The molecule has 1 aliphatic heterocycles. The minimum atomic E-state index is -4.57. The van der Waals surface area contributed by atoms with Gasteiger partial charge >= 0.3 is 29.6 Å². The van der Waals surface area contributed by atoms with E-state index in [0.717, 1.165) is 0 Å². The quantitative estimate of drug-likeness (QED) is 0.371. The van der Waals surface area contributed by atoms with Crippen LogP contribution < -0.4 is 29.6 Å². The molecule has 4 nitrogen and oxygen atoms in total. The van der Waals surface area contributed by atoms with E-state index in [1.54, 1.807) is 6.92 Å². The van der Waals surface area contributed by atoms with Crippen molar-refractivity contribution in [3.05, 3.63) is 0 Å². The molecule has 0 aromatic carbocycles. The molecule has 7 heteroatoms. The van der Waals surface area contributed by atoms with Crippen LogP contribution in [0.25, 0.3) is 0 Å². The molecule has 0 saturated carbocycles. The number of hydrogen-bond donors (Lipinski definition) is 1. The molecule has 1 saturated heterocycles. The molecule has 0 aromatic heterocycles. The standard InChI is InChI=1S/C5H10O4S2.Na/c1-4-5(6,2-3-10-4)11(7,8)9;/h4,6H,2-3H2,1H3,(H,7,8,9);/q;+1/p-1. The minimum absolute atomic E-state index is 0. The zero-order valence-electron chi connectivity index (χ0n) is 6.98. The Morgan fingerprint density at radius 1 is 1.67 bits per heavy atom. The normalized spacial score (nSPS) is 36.1. The van der Waals surface area contributed by atoms with Crippen LogP contribution in [0.15, 0.2) is 0 Å². The fraction of sp³-hybridized carbons (Fsp3) is 1.00. The van der Waals surface area contributed by atoms with Gasteiger partial charge in [-0.1, -0.05) is 0 Å². The molecule has 1 N–H and O–H groups in total. The van der Waals surface area contributed by atoms with E-state index in [4.69, 9.17) is 0 Å². The van der Waals surface area contributed by atoms with Gasteiger partial charge in [0, 0.05) is 5.25 Å². The molecule has 0 spiro atoms. The first-order chi connectivity index (χ1) is 4.88. The van der Waals surface area contributed by atoms with Gasteiger partial charge < -0.3 is 9.66 Å². The largest absolute Gasteiger partial charge is 1.00 e. The van der Waals surface area contributed by atoms with Crippen molar-refractivity contribution in [2.45, 2.75) is 23.5 Å². The Morgan fingerprint density at radius 3 is 2.33 bits per heavy atom. The Morgan fingerprint density at radius 2 is 2.17 bits per heavy atom. The summed E-state index contributed by atoms with van der Waals surface area (Å²) in [6, 6.07) is 0. The zero-order valence-corrected chi connectivity index (χ0v) is 10.6. The molecule has 0 radical (unpaired) electrons. The summed E-state index contributed by atoms with van der Waals surface area (Å²) in [7, 11) is -4.57. The Kier molecular flexibility index (Phi) is 4.59. The van der Waals surface area contributed by atoms with Crippen molar-refractivity contribution >= 4 is 21.9 Å². The van der Waals surface area contributed by atoms with Crippen LogP contribution in [0.4, 0.5) is 0 Å². The summed E-state index contributed by atoms with van der Waals surface area (Å²) in [5.41, 5.74) is 0. The van der Waals surface area contributed by atoms with E-state index in [1.807, 2.05) is 0 Å². The molecule has 12 heavy (non-hydrogen) atoms. The fourth-order valence-electron chi connectivity index (χ4n) is 1.04. The van der Waals surface area contributed by atoms with Gasteiger partial charge in [0.1, 0.15) is 10.1 Å². The first-order valence-electron chi connectivity index (χ1n) is 3.17. The van der Waals surface area contributed by atoms with Gasteiger partial charge in [-0.2, -0.15) is 11.8 Å². The molecular weight excluding hydrogens is 211 g/mol. The van der Waals surface area contributed by atoms with Crippen LogP contribution in [-0.4, -0.2) is 34.0 Å². The van der Waals surface area contributed by atoms with E-state index in [9.17, 15) is 18.1 Å². The van der Waals surface area contributed by atoms with E-state index >= 15 is 0 Å². The van der Waals surface area contributed by atoms with Gasteiger partial charge in [0.25, 0.3) is 0 Å². The molecule has 0 bridgehead atoms. The monoisotopic (exact) mass is 220 g/mol. The van der Waals surface area contributed by atoms with Gasteiger partial charge in [-0.25, -0.2) is 8.42 Å². The van der Waals surface area contributed by atoms with Crippen molar-refractivity contribution in [1.82, 2.24) is 0 Å². The van der Waals surface area contributed by atoms with E-state index in [2.05, 4.69) is 0 Å². The third kappa shape index (κ3) is 2.17. The van der Waals surface area contributed by atoms with Crippen molar-refractivity contribution in [1.29, 1.82) is 0 Å². The SMILES string of the molecule is CC1SCCC1(O)S(=O)(=O)[O-].[Na+]. The summed E-state index contributed by atoms with van der Waals surface area (Å²) < 4.78 is 31.6. The van der Waals surface area contributed by atoms with Crippen molar-refractivity contribution < 1.29 is 47.6 Å². The van der Waals surface area contributed by atoms with E-state index < -0.39 is 20.3 Å². The third-order valence-electron chi connectivity index (χ3n) is 1.90. The molecule has 2 unspecified atom stereocenters. The average Bonchev–Trinajstić information content (AvgIpc) is 2.12. The average molecular weight is 220 g/mol. The molecule has 1 aliphatic rings. The van der Waals surface area contributed by atoms with Crippen molar-refractivity contribution in [2.24, 2.45) is 0 Å². The van der Waals surface area contributed by atoms with Crippen molar-refractivity contribution in [2.75, 3.05) is 5.75 Å². The van der Waals surface area contributed by atoms with Gasteiger partial charge in [0.15, 0.2) is 4.93 Å². The third-order valence-corrected chi connectivity index (χ3v) is 4.80. The van der Waals surface area contributed by atoms with E-state index in [-0.39, 0.29) is 36.0 Å². The number of rotatable bonds is 1. The van der Waals surface area contributed by atoms with Gasteiger partial charge in [-0.3, -0.25) is 0 Å². The topological polar surface area (TPSA) is 77.4 Å². The van der Waals surface area contributed by atoms with E-state index in [0.29, 0.717) is 5.75 Å². The molecule has 0 amide bonds. The number of hydrogen-bond acceptors (Lipinski definition) is 5. The number of thioether (sulfide) groups is 1. The smallest absolute Gasteiger partial charge is 0.746 e. The molecule has 0 aromatic rings. The predicted molar refractivity (Wildman–Crippen MR) is 41.2 cm³/mol. The summed E-state index contributed by atoms with van der Waals surface area (Å²) in [6.07, 6.45) is 0.0463. The van der Waals surface area contributed by atoms with Crippen LogP contribution in [0.1, 0.15) is 13.3 Å². The van der Waals surface area contributed by atoms with Crippen molar-refractivity contribution in [3.63, 3.8) is 0 Å². The van der Waals surface area contributed by atoms with Gasteiger partial charge in [-0.15, -0.1) is 0 Å². The van der Waals surface area contributed by atoms with Gasteiger partial charge in [-0.05, 0) is 19.1 Å². The second-order valence-corrected chi connectivity index (χ2v) is 5.63. The van der Waals surface area contributed by atoms with Crippen molar-refractivity contribution in [3.8, 4) is 0 Å². The Bertz CT molecular complexity index is 252. The minimum Gasteiger partial charge on any atom is -0.746 e. The molecule has 1 rings (SSSR count). The molecule has 1 fully saturated rings. The molecular formula is C5H9NaO4S2. The Hall–Kier alpha value is 1.22. The van der Waals surface area contributed by atoms with Crippen LogP contribution in [0, 0.1) is 0 Å². The van der Waals surface area contributed by atoms with Crippen LogP contribution >= 0.6 is 11.8 Å². The van der Waals surface area contributed by atoms with E-state index in [1.165, 1.54) is 11.8 Å². The zero-order chi connectivity index (χ0) is 8.70. The Labute approximate surface area is 98.2 Å². The first-order valence-corrected chi connectivity index (χ1v) is 5.63. The maximum atomic E-state index is 10.5. The molecule has 0 aliphatic carbocycles. The summed E-state index contributed by atoms with van der Waals surface area (Å²) in [6.45, 7) is 1.55. The maximum Gasteiger partial charge on any atom is 1.00 e. The fourth-order valence-corrected chi connectivity index (χ4v) is 3.65. The predicted octanol–water partition coefficient (Wildman–Crippen LogP) is -3.25. The summed E-state index contributed by atoms with van der Waals surface area (Å²) >= 11 is 1.30. The molecule has 2 atom stereocenters. The number of aliphatic hydroxyl groups is 1. The second kappa shape index (κ2) is 4.16. The molecule has 1 heterocycles. The van der Waals surface area contributed by atoms with Crippen LogP contribution in [0.2, 0.25) is 0 Å². The van der Waals surface area contributed by atoms with Gasteiger partial charge in [0.2, 0.25) is 0 Å². The summed E-state index contributed by atoms with van der Waals surface area (Å²) in [5.74, 6) is 0.527. The van der Waals surface area contributed by atoms with Gasteiger partial charge in [0.05, 0.1) is 0 Å². The summed E-state index contributed by atoms with van der Waals surface area (Å²) in [5, 5.41) is 8.87. The van der Waals surface area contributed by atoms with Crippen LogP contribution in [0.5, 0.6) is 0 Å². The maximum absolute atomic E-state index is 10.5. The Balaban J connectivity index is 0.00000121. The molecule has 66 valence electrons. The second-order valence-electron chi connectivity index (χ2n) is 2.56. The first kappa shape index (κ1) is 13.2. The summed E-state index contributed by atoms with van der Waals surface area (Å²) in [4.78, 5) is -2.03.